The molecule has 4 heteroatoms. The normalized spacial score (nSPS) is 14.0. The SMILES string of the molecule is CCCCCCCC/C=C/C(CCCCCCC(C)(C)C)C(CC(=O)OC)C(=O)O. The first-order chi connectivity index (χ1) is 14.2. The van der Waals surface area contributed by atoms with Crippen LogP contribution in [-0.4, -0.2) is 24.2 Å². The van der Waals surface area contributed by atoms with Gasteiger partial charge in [0.1, 0.15) is 0 Å². The molecule has 0 aliphatic heterocycles. The average Bonchev–Trinajstić information content (AvgIpc) is 2.68. The number of allylic oxidation sites excluding steroid dienone is 2. The van der Waals surface area contributed by atoms with E-state index in [0.717, 1.165) is 32.1 Å². The summed E-state index contributed by atoms with van der Waals surface area (Å²) in [5.74, 6) is -2.15. The third-order valence-electron chi connectivity index (χ3n) is 5.77. The highest BCUT2D eigenvalue weighted by molar-refractivity contribution is 5.79. The standard InChI is InChI=1S/C26H48O4/c1-6-7-8-9-10-11-12-15-18-22(23(25(28)29)21-24(27)30-5)19-16-13-14-17-20-26(2,3)4/h15,18,22-23H,6-14,16-17,19-21H2,1-5H3,(H,28,29)/b18-15+. The van der Waals surface area contributed by atoms with E-state index in [1.807, 2.05) is 0 Å². The van der Waals surface area contributed by atoms with Crippen LogP contribution in [0, 0.1) is 17.3 Å². The molecule has 0 radical (unpaired) electrons. The highest BCUT2D eigenvalue weighted by atomic mass is 16.5. The van der Waals surface area contributed by atoms with Gasteiger partial charge < -0.3 is 9.84 Å². The molecule has 2 unspecified atom stereocenters. The number of esters is 1. The second-order valence-corrected chi connectivity index (χ2v) is 9.89. The maximum absolute atomic E-state index is 11.8. The first-order valence-electron chi connectivity index (χ1n) is 12.2. The fourth-order valence-electron chi connectivity index (χ4n) is 3.82. The van der Waals surface area contributed by atoms with E-state index in [9.17, 15) is 14.7 Å². The lowest BCUT2D eigenvalue weighted by molar-refractivity contribution is -0.151. The number of carbonyl (C=O) groups is 2. The molecule has 0 spiro atoms. The average molecular weight is 425 g/mol. The van der Waals surface area contributed by atoms with E-state index >= 15 is 0 Å². The molecule has 0 rings (SSSR count). The van der Waals surface area contributed by atoms with Gasteiger partial charge in [0.15, 0.2) is 0 Å². The number of carboxylic acid groups (broad SMARTS) is 1. The van der Waals surface area contributed by atoms with Crippen LogP contribution in [0.15, 0.2) is 12.2 Å². The molecule has 30 heavy (non-hydrogen) atoms. The molecule has 176 valence electrons. The second-order valence-electron chi connectivity index (χ2n) is 9.89. The lowest BCUT2D eigenvalue weighted by atomic mass is 9.84. The summed E-state index contributed by atoms with van der Waals surface area (Å²) in [5, 5.41) is 9.70. The summed E-state index contributed by atoms with van der Waals surface area (Å²) in [4.78, 5) is 23.6. The van der Waals surface area contributed by atoms with Crippen molar-refractivity contribution in [2.45, 2.75) is 118 Å². The predicted octanol–water partition coefficient (Wildman–Crippen LogP) is 7.56. The third kappa shape index (κ3) is 16.5. The van der Waals surface area contributed by atoms with Crippen LogP contribution in [0.4, 0.5) is 0 Å². The lowest BCUT2D eigenvalue weighted by Crippen LogP contribution is -2.26. The molecule has 2 atom stereocenters. The van der Waals surface area contributed by atoms with Crippen LogP contribution in [0.2, 0.25) is 0 Å². The van der Waals surface area contributed by atoms with E-state index in [-0.39, 0.29) is 12.3 Å². The number of carboxylic acids is 1. The minimum Gasteiger partial charge on any atom is -0.481 e. The van der Waals surface area contributed by atoms with Crippen LogP contribution in [0.25, 0.3) is 0 Å². The summed E-state index contributed by atoms with van der Waals surface area (Å²) in [5.41, 5.74) is 0.372. The van der Waals surface area contributed by atoms with Gasteiger partial charge in [-0.05, 0) is 37.0 Å². The number of unbranched alkanes of at least 4 members (excludes halogenated alkanes) is 9. The Morgan fingerprint density at radius 1 is 0.933 bits per heavy atom. The quantitative estimate of drug-likeness (QED) is 0.140. The molecule has 0 saturated carbocycles. The van der Waals surface area contributed by atoms with Gasteiger partial charge in [-0.25, -0.2) is 0 Å². The van der Waals surface area contributed by atoms with E-state index in [4.69, 9.17) is 4.74 Å². The van der Waals surface area contributed by atoms with Crippen molar-refractivity contribution in [1.29, 1.82) is 0 Å². The highest BCUT2D eigenvalue weighted by Crippen LogP contribution is 2.27. The number of carbonyl (C=O) groups excluding carboxylic acids is 1. The Morgan fingerprint density at radius 3 is 2.13 bits per heavy atom. The highest BCUT2D eigenvalue weighted by Gasteiger charge is 2.28. The molecule has 0 amide bonds. The van der Waals surface area contributed by atoms with E-state index in [1.165, 1.54) is 58.5 Å². The van der Waals surface area contributed by atoms with Crippen LogP contribution in [0.1, 0.15) is 118 Å². The molecule has 0 aliphatic rings. The van der Waals surface area contributed by atoms with Gasteiger partial charge in [0, 0.05) is 0 Å². The summed E-state index contributed by atoms with van der Waals surface area (Å²) in [6.07, 6.45) is 19.2. The zero-order chi connectivity index (χ0) is 22.8. The van der Waals surface area contributed by atoms with Crippen molar-refractivity contribution in [1.82, 2.24) is 0 Å². The molecule has 0 aromatic carbocycles. The van der Waals surface area contributed by atoms with Crippen molar-refractivity contribution in [3.05, 3.63) is 12.2 Å². The maximum Gasteiger partial charge on any atom is 0.307 e. The number of hydrogen-bond donors (Lipinski definition) is 1. The molecule has 4 nitrogen and oxygen atoms in total. The van der Waals surface area contributed by atoms with Crippen LogP contribution in [-0.2, 0) is 14.3 Å². The van der Waals surface area contributed by atoms with Gasteiger partial charge in [-0.15, -0.1) is 0 Å². The fourth-order valence-corrected chi connectivity index (χ4v) is 3.82. The Balaban J connectivity index is 4.61. The monoisotopic (exact) mass is 424 g/mol. The minimum atomic E-state index is -0.901. The van der Waals surface area contributed by atoms with Gasteiger partial charge in [0.2, 0.25) is 0 Å². The van der Waals surface area contributed by atoms with Crippen molar-refractivity contribution in [2.24, 2.45) is 17.3 Å². The van der Waals surface area contributed by atoms with Crippen LogP contribution in [0.5, 0.6) is 0 Å². The summed E-state index contributed by atoms with van der Waals surface area (Å²) in [7, 11) is 1.32. The van der Waals surface area contributed by atoms with E-state index in [0.29, 0.717) is 5.41 Å². The van der Waals surface area contributed by atoms with Gasteiger partial charge in [0.05, 0.1) is 19.4 Å². The summed E-state index contributed by atoms with van der Waals surface area (Å²) < 4.78 is 4.73. The van der Waals surface area contributed by atoms with Crippen molar-refractivity contribution in [3.63, 3.8) is 0 Å². The Kier molecular flexibility index (Phi) is 16.6. The summed E-state index contributed by atoms with van der Waals surface area (Å²) in [6, 6.07) is 0. The van der Waals surface area contributed by atoms with Crippen LogP contribution >= 0.6 is 0 Å². The van der Waals surface area contributed by atoms with Gasteiger partial charge >= 0.3 is 11.9 Å². The molecular weight excluding hydrogens is 376 g/mol. The predicted molar refractivity (Wildman–Crippen MR) is 126 cm³/mol. The Bertz CT molecular complexity index is 476. The van der Waals surface area contributed by atoms with Crippen LogP contribution in [0.3, 0.4) is 0 Å². The third-order valence-corrected chi connectivity index (χ3v) is 5.77. The molecular formula is C26H48O4. The Hall–Kier alpha value is -1.32. The molecule has 1 N–H and O–H groups in total. The minimum absolute atomic E-state index is 0.0537. The topological polar surface area (TPSA) is 63.6 Å². The van der Waals surface area contributed by atoms with Crippen molar-refractivity contribution in [2.75, 3.05) is 7.11 Å². The van der Waals surface area contributed by atoms with Crippen molar-refractivity contribution in [3.8, 4) is 0 Å². The summed E-state index contributed by atoms with van der Waals surface area (Å²) >= 11 is 0. The largest absolute Gasteiger partial charge is 0.481 e. The van der Waals surface area contributed by atoms with Crippen LogP contribution < -0.4 is 0 Å². The zero-order valence-corrected chi connectivity index (χ0v) is 20.4. The Labute approximate surface area is 185 Å². The van der Waals surface area contributed by atoms with E-state index < -0.39 is 17.9 Å². The molecule has 0 heterocycles. The van der Waals surface area contributed by atoms with Gasteiger partial charge in [-0.2, -0.15) is 0 Å². The zero-order valence-electron chi connectivity index (χ0n) is 20.4. The molecule has 0 aromatic heterocycles. The van der Waals surface area contributed by atoms with Gasteiger partial charge in [0.25, 0.3) is 0 Å². The number of methoxy groups -OCH3 is 1. The number of ether oxygens (including phenoxy) is 1. The lowest BCUT2D eigenvalue weighted by Gasteiger charge is -2.21. The number of aliphatic carboxylic acids is 1. The number of hydrogen-bond acceptors (Lipinski definition) is 3. The maximum atomic E-state index is 11.8. The first-order valence-corrected chi connectivity index (χ1v) is 12.2. The fraction of sp³-hybridized carbons (Fsp3) is 0.846. The van der Waals surface area contributed by atoms with E-state index in [2.05, 4.69) is 39.8 Å². The number of rotatable bonds is 18. The molecule has 0 bridgehead atoms. The van der Waals surface area contributed by atoms with Crippen molar-refractivity contribution < 1.29 is 19.4 Å². The molecule has 0 aromatic rings. The van der Waals surface area contributed by atoms with Gasteiger partial charge in [-0.1, -0.05) is 97.6 Å². The Morgan fingerprint density at radius 2 is 1.53 bits per heavy atom. The van der Waals surface area contributed by atoms with Gasteiger partial charge in [-0.3, -0.25) is 9.59 Å². The van der Waals surface area contributed by atoms with Crippen molar-refractivity contribution >= 4 is 11.9 Å². The first kappa shape index (κ1) is 28.7. The molecule has 0 saturated heterocycles. The second kappa shape index (κ2) is 17.4. The summed E-state index contributed by atoms with van der Waals surface area (Å²) in [6.45, 7) is 9.02. The molecule has 0 fully saturated rings. The van der Waals surface area contributed by atoms with E-state index in [1.54, 1.807) is 0 Å². The molecule has 0 aliphatic carbocycles. The smallest absolute Gasteiger partial charge is 0.307 e.